The van der Waals surface area contributed by atoms with Gasteiger partial charge in [-0.15, -0.1) is 11.3 Å². The van der Waals surface area contributed by atoms with Gasteiger partial charge in [-0.25, -0.2) is 9.97 Å². The Morgan fingerprint density at radius 2 is 1.83 bits per heavy atom. The molecular weight excluding hydrogens is 472 g/mol. The first-order valence-corrected chi connectivity index (χ1v) is 13.1. The Morgan fingerprint density at radius 1 is 1.08 bits per heavy atom. The van der Waals surface area contributed by atoms with Crippen molar-refractivity contribution in [1.29, 1.82) is 0 Å². The number of hydrogen-bond donors (Lipinski definition) is 3. The van der Waals surface area contributed by atoms with Crippen LogP contribution in [0.2, 0.25) is 0 Å². The van der Waals surface area contributed by atoms with Crippen LogP contribution >= 0.6 is 11.3 Å². The van der Waals surface area contributed by atoms with E-state index in [1.54, 1.807) is 12.3 Å². The van der Waals surface area contributed by atoms with Gasteiger partial charge in [0.25, 0.3) is 11.8 Å². The summed E-state index contributed by atoms with van der Waals surface area (Å²) >= 11 is 0.961. The van der Waals surface area contributed by atoms with Gasteiger partial charge in [0.1, 0.15) is 10.7 Å². The van der Waals surface area contributed by atoms with E-state index in [0.29, 0.717) is 16.4 Å². The fraction of sp³-hybridized carbons (Fsp3) is 0.370. The number of primary amides is 1. The summed E-state index contributed by atoms with van der Waals surface area (Å²) in [6, 6.07) is 7.47. The highest BCUT2D eigenvalue weighted by molar-refractivity contribution is 7.15. The van der Waals surface area contributed by atoms with E-state index in [4.69, 9.17) is 10.7 Å². The number of unbranched alkanes of at least 4 members (excludes halogenated alkanes) is 1. The molecule has 3 rings (SSSR count). The summed E-state index contributed by atoms with van der Waals surface area (Å²) in [4.78, 5) is 37.2. The summed E-state index contributed by atoms with van der Waals surface area (Å²) in [6.07, 6.45) is 11.4. The Balaban J connectivity index is 0.00000145. The van der Waals surface area contributed by atoms with Gasteiger partial charge in [0.2, 0.25) is 0 Å². The van der Waals surface area contributed by atoms with Crippen molar-refractivity contribution in [1.82, 2.24) is 15.0 Å². The highest BCUT2D eigenvalue weighted by Gasteiger charge is 2.14. The van der Waals surface area contributed by atoms with Gasteiger partial charge >= 0.3 is 0 Å². The topological polar surface area (TPSA) is 123 Å². The number of rotatable bonds is 9. The number of nitrogens with one attached hydrogen (secondary N) is 2. The number of anilines is 2. The van der Waals surface area contributed by atoms with E-state index in [2.05, 4.69) is 60.4 Å². The Bertz CT molecular complexity index is 1270. The van der Waals surface area contributed by atoms with Crippen molar-refractivity contribution in [3.8, 4) is 0 Å². The number of carbonyl (C=O) groups excluding carboxylic acids is 2. The molecule has 2 heterocycles. The van der Waals surface area contributed by atoms with Crippen molar-refractivity contribution in [2.75, 3.05) is 10.6 Å². The molecule has 1 unspecified atom stereocenters. The Morgan fingerprint density at radius 3 is 2.47 bits per heavy atom. The van der Waals surface area contributed by atoms with Gasteiger partial charge in [-0.05, 0) is 37.5 Å². The van der Waals surface area contributed by atoms with Crippen LogP contribution in [0.5, 0.6) is 0 Å². The molecule has 9 heteroatoms. The molecule has 2 aromatic heterocycles. The van der Waals surface area contributed by atoms with Gasteiger partial charge in [0.15, 0.2) is 5.01 Å². The van der Waals surface area contributed by atoms with Gasteiger partial charge in [-0.1, -0.05) is 64.8 Å². The summed E-state index contributed by atoms with van der Waals surface area (Å²) in [5, 5.41) is 8.12. The molecular formula is C27H36N6O2S. The van der Waals surface area contributed by atoms with Gasteiger partial charge in [-0.2, -0.15) is 0 Å². The van der Waals surface area contributed by atoms with Crippen LogP contribution in [0.25, 0.3) is 12.2 Å². The zero-order valence-corrected chi connectivity index (χ0v) is 22.5. The lowest BCUT2D eigenvalue weighted by molar-refractivity contribution is 0.0997. The molecule has 1 atom stereocenters. The number of aromatic nitrogens is 3. The molecule has 4 N–H and O–H groups in total. The molecule has 0 aliphatic carbocycles. The van der Waals surface area contributed by atoms with Crippen LogP contribution in [0.15, 0.2) is 36.7 Å². The van der Waals surface area contributed by atoms with Crippen LogP contribution in [0.3, 0.4) is 0 Å². The summed E-state index contributed by atoms with van der Waals surface area (Å²) in [7, 11) is 0. The van der Waals surface area contributed by atoms with Crippen LogP contribution in [0, 0.1) is 0 Å². The predicted octanol–water partition coefficient (Wildman–Crippen LogP) is 4.64. The minimum Gasteiger partial charge on any atom is -0.364 e. The highest BCUT2D eigenvalue weighted by atomic mass is 32.1. The van der Waals surface area contributed by atoms with E-state index in [1.165, 1.54) is 12.6 Å². The molecule has 0 fully saturated rings. The van der Waals surface area contributed by atoms with E-state index in [0.717, 1.165) is 46.9 Å². The molecule has 36 heavy (non-hydrogen) atoms. The second kappa shape index (κ2) is 14.7. The zero-order valence-electron chi connectivity index (χ0n) is 21.7. The summed E-state index contributed by atoms with van der Waals surface area (Å²) in [6.45, 7) is 10.5. The van der Waals surface area contributed by atoms with Crippen LogP contribution in [-0.2, 0) is 0 Å². The molecule has 1 aromatic carbocycles. The van der Waals surface area contributed by atoms with Crippen molar-refractivity contribution >= 4 is 46.8 Å². The maximum Gasteiger partial charge on any atom is 0.277 e. The number of nitrogens with zero attached hydrogens (tertiary/aromatic N) is 3. The summed E-state index contributed by atoms with van der Waals surface area (Å²) in [5.41, 5.74) is 6.82. The zero-order chi connectivity index (χ0) is 26.5. The first-order valence-electron chi connectivity index (χ1n) is 12.3. The Labute approximate surface area is 216 Å². The molecule has 192 valence electrons. The minimum absolute atomic E-state index is 0.0685. The van der Waals surface area contributed by atoms with Gasteiger partial charge in [0, 0.05) is 5.69 Å². The van der Waals surface area contributed by atoms with E-state index in [9.17, 15) is 9.59 Å². The molecule has 0 aliphatic heterocycles. The number of hydrogen-bond acceptors (Lipinski definition) is 7. The van der Waals surface area contributed by atoms with E-state index in [-0.39, 0.29) is 17.0 Å². The average Bonchev–Trinajstić information content (AvgIpc) is 3.36. The molecule has 3 aromatic rings. The number of thiazole rings is 1. The molecule has 0 radical (unpaired) electrons. The normalized spacial score (nSPS) is 12.5. The maximum absolute atomic E-state index is 12.5. The third-order valence-electron chi connectivity index (χ3n) is 4.80. The largest absolute Gasteiger partial charge is 0.364 e. The number of amides is 2. The molecule has 2 amide bonds. The lowest BCUT2D eigenvalue weighted by Crippen LogP contribution is -2.32. The fourth-order valence-electron chi connectivity index (χ4n) is 3.14. The van der Waals surface area contributed by atoms with Crippen LogP contribution in [-0.4, -0.2) is 26.8 Å². The molecule has 0 bridgehead atoms. The first-order chi connectivity index (χ1) is 17.3. The summed E-state index contributed by atoms with van der Waals surface area (Å²) < 4.78 is 0. The maximum atomic E-state index is 12.5. The van der Waals surface area contributed by atoms with Crippen LogP contribution < -0.4 is 27.1 Å². The SMILES string of the molecule is CC/C=c1/ncc(NC(C)c2cccc(NC(=O)c3cnc(C(N)=O)s3)c2)n/c1=C\CCC.CCC. The predicted molar refractivity (Wildman–Crippen MR) is 148 cm³/mol. The lowest BCUT2D eigenvalue weighted by atomic mass is 10.1. The minimum atomic E-state index is -0.653. The average molecular weight is 509 g/mol. The second-order valence-electron chi connectivity index (χ2n) is 8.18. The highest BCUT2D eigenvalue weighted by Crippen LogP contribution is 2.21. The molecule has 8 nitrogen and oxygen atoms in total. The van der Waals surface area contributed by atoms with Crippen LogP contribution in [0.4, 0.5) is 11.5 Å². The van der Waals surface area contributed by atoms with E-state index < -0.39 is 5.91 Å². The first kappa shape index (κ1) is 28.6. The quantitative estimate of drug-likeness (QED) is 0.387. The third kappa shape index (κ3) is 8.57. The van der Waals surface area contributed by atoms with Crippen molar-refractivity contribution in [2.45, 2.75) is 66.3 Å². The summed E-state index contributed by atoms with van der Waals surface area (Å²) in [5.74, 6) is -0.307. The van der Waals surface area contributed by atoms with Crippen molar-refractivity contribution in [2.24, 2.45) is 5.73 Å². The Hall–Kier alpha value is -3.59. The van der Waals surface area contributed by atoms with E-state index >= 15 is 0 Å². The number of nitrogens with two attached hydrogens (primary N) is 1. The number of carbonyl (C=O) groups is 2. The third-order valence-corrected chi connectivity index (χ3v) is 5.81. The van der Waals surface area contributed by atoms with Crippen molar-refractivity contribution in [3.63, 3.8) is 0 Å². The Kier molecular flexibility index (Phi) is 11.7. The van der Waals surface area contributed by atoms with Crippen molar-refractivity contribution < 1.29 is 9.59 Å². The second-order valence-corrected chi connectivity index (χ2v) is 9.21. The van der Waals surface area contributed by atoms with Crippen LogP contribution in [0.1, 0.15) is 91.4 Å². The molecule has 0 spiro atoms. The smallest absolute Gasteiger partial charge is 0.277 e. The number of benzene rings is 1. The molecule has 0 saturated heterocycles. The lowest BCUT2D eigenvalue weighted by Gasteiger charge is -2.16. The van der Waals surface area contributed by atoms with Gasteiger partial charge in [-0.3, -0.25) is 14.6 Å². The van der Waals surface area contributed by atoms with E-state index in [1.807, 2.05) is 25.1 Å². The molecule has 0 aliphatic rings. The van der Waals surface area contributed by atoms with Gasteiger partial charge < -0.3 is 16.4 Å². The monoisotopic (exact) mass is 508 g/mol. The standard InChI is InChI=1S/C24H28N6O2S.C3H8/c1-4-6-11-19-18(8-5-2)26-14-21(30-19)28-15(3)16-9-7-10-17(12-16)29-23(32)20-13-27-24(33-20)22(25)31;1-3-2/h7-15H,4-6H2,1-3H3,(H2,25,31)(H,28,30)(H,29,32);3H2,1-2H3/b18-8+,19-11-;. The van der Waals surface area contributed by atoms with Crippen molar-refractivity contribution in [3.05, 3.63) is 62.8 Å². The molecule has 0 saturated carbocycles. The fourth-order valence-corrected chi connectivity index (χ4v) is 3.80. The van der Waals surface area contributed by atoms with Gasteiger partial charge in [0.05, 0.1) is 29.1 Å².